The highest BCUT2D eigenvalue weighted by atomic mass is 32.2. The number of hydrogen-bond donors (Lipinski definition) is 2. The maximum Gasteiger partial charge on any atom is 0.246 e. The lowest BCUT2D eigenvalue weighted by Crippen LogP contribution is -2.31. The van der Waals surface area contributed by atoms with Gasteiger partial charge in [0.2, 0.25) is 15.9 Å². The van der Waals surface area contributed by atoms with E-state index in [4.69, 9.17) is 0 Å². The molecule has 0 saturated carbocycles. The van der Waals surface area contributed by atoms with Crippen LogP contribution in [0.3, 0.4) is 0 Å². The molecule has 1 amide bonds. The number of hydrogen-bond acceptors (Lipinski definition) is 4. The Balaban J connectivity index is 1.72. The van der Waals surface area contributed by atoms with Crippen molar-refractivity contribution in [2.45, 2.75) is 36.6 Å². The van der Waals surface area contributed by atoms with Gasteiger partial charge in [-0.25, -0.2) is 12.8 Å². The minimum Gasteiger partial charge on any atom is -0.508 e. The Morgan fingerprint density at radius 2 is 1.89 bits per heavy atom. The summed E-state index contributed by atoms with van der Waals surface area (Å²) in [5, 5.41) is 12.0. The van der Waals surface area contributed by atoms with Gasteiger partial charge in [0.05, 0.1) is 6.04 Å². The van der Waals surface area contributed by atoms with Gasteiger partial charge in [-0.05, 0) is 54.7 Å². The predicted octanol–water partition coefficient (Wildman–Crippen LogP) is 2.94. The molecule has 27 heavy (non-hydrogen) atoms. The fourth-order valence-corrected chi connectivity index (χ4v) is 5.54. The van der Waals surface area contributed by atoms with Gasteiger partial charge in [0.15, 0.2) is 0 Å². The third-order valence-electron chi connectivity index (χ3n) is 5.12. The molecular formula is C19H19FN2O4S. The van der Waals surface area contributed by atoms with Gasteiger partial charge < -0.3 is 10.4 Å². The molecule has 2 aliphatic rings. The SMILES string of the molecule is O=C1CCc2cc(S(=O)(=O)N3CCCC3c3ccc(O)cc3)c(F)cc2N1. The quantitative estimate of drug-likeness (QED) is 0.844. The zero-order valence-electron chi connectivity index (χ0n) is 14.5. The van der Waals surface area contributed by atoms with Crippen LogP contribution in [-0.4, -0.2) is 30.3 Å². The molecule has 2 N–H and O–H groups in total. The van der Waals surface area contributed by atoms with Gasteiger partial charge in [0.1, 0.15) is 16.5 Å². The molecule has 8 heteroatoms. The maximum absolute atomic E-state index is 14.6. The number of aryl methyl sites for hydroxylation is 1. The zero-order valence-corrected chi connectivity index (χ0v) is 15.3. The van der Waals surface area contributed by atoms with E-state index in [0.29, 0.717) is 37.1 Å². The number of amides is 1. The highest BCUT2D eigenvalue weighted by Gasteiger charge is 2.38. The standard InChI is InChI=1S/C19H19FN2O4S/c20-15-11-16-13(5-8-19(24)21-16)10-18(15)27(25,26)22-9-1-2-17(22)12-3-6-14(23)7-4-12/h3-4,6-7,10-11,17,23H,1-2,5,8-9H2,(H,21,24). The van der Waals surface area contributed by atoms with E-state index in [1.165, 1.54) is 22.5 Å². The van der Waals surface area contributed by atoms with Gasteiger partial charge in [0.25, 0.3) is 0 Å². The molecular weight excluding hydrogens is 371 g/mol. The summed E-state index contributed by atoms with van der Waals surface area (Å²) in [6.45, 7) is 0.307. The Hall–Kier alpha value is -2.45. The topological polar surface area (TPSA) is 86.7 Å². The van der Waals surface area contributed by atoms with Gasteiger partial charge in [-0.15, -0.1) is 0 Å². The Labute approximate surface area is 156 Å². The van der Waals surface area contributed by atoms with Crippen molar-refractivity contribution < 1.29 is 22.7 Å². The van der Waals surface area contributed by atoms with Crippen molar-refractivity contribution in [2.75, 3.05) is 11.9 Å². The minimum atomic E-state index is -4.04. The molecule has 2 aromatic carbocycles. The number of rotatable bonds is 3. The molecule has 1 saturated heterocycles. The van der Waals surface area contributed by atoms with Crippen LogP contribution >= 0.6 is 0 Å². The second-order valence-electron chi connectivity index (χ2n) is 6.85. The third-order valence-corrected chi connectivity index (χ3v) is 7.04. The summed E-state index contributed by atoms with van der Waals surface area (Å²) < 4.78 is 42.4. The summed E-state index contributed by atoms with van der Waals surface area (Å²) in [4.78, 5) is 11.1. The molecule has 1 atom stereocenters. The van der Waals surface area contributed by atoms with Gasteiger partial charge >= 0.3 is 0 Å². The molecule has 2 heterocycles. The monoisotopic (exact) mass is 390 g/mol. The highest BCUT2D eigenvalue weighted by Crippen LogP contribution is 2.38. The third kappa shape index (κ3) is 3.19. The average molecular weight is 390 g/mol. The van der Waals surface area contributed by atoms with Crippen LogP contribution in [0.5, 0.6) is 5.75 Å². The molecule has 142 valence electrons. The smallest absolute Gasteiger partial charge is 0.246 e. The lowest BCUT2D eigenvalue weighted by atomic mass is 10.0. The number of aromatic hydroxyl groups is 1. The second-order valence-corrected chi connectivity index (χ2v) is 8.71. The molecule has 6 nitrogen and oxygen atoms in total. The molecule has 2 aromatic rings. The van der Waals surface area contributed by atoms with E-state index in [0.717, 1.165) is 11.6 Å². The lowest BCUT2D eigenvalue weighted by Gasteiger charge is -2.26. The van der Waals surface area contributed by atoms with Crippen molar-refractivity contribution in [3.8, 4) is 5.75 Å². The number of nitrogens with zero attached hydrogens (tertiary/aromatic N) is 1. The van der Waals surface area contributed by atoms with Crippen LogP contribution in [0.15, 0.2) is 41.3 Å². The van der Waals surface area contributed by atoms with Gasteiger partial charge in [-0.2, -0.15) is 4.31 Å². The van der Waals surface area contributed by atoms with Gasteiger partial charge in [0, 0.05) is 18.7 Å². The number of nitrogens with one attached hydrogen (secondary N) is 1. The largest absolute Gasteiger partial charge is 0.508 e. The second kappa shape index (κ2) is 6.61. The van der Waals surface area contributed by atoms with Crippen molar-refractivity contribution >= 4 is 21.6 Å². The van der Waals surface area contributed by atoms with Crippen LogP contribution in [0, 0.1) is 5.82 Å². The van der Waals surface area contributed by atoms with Gasteiger partial charge in [-0.1, -0.05) is 12.1 Å². The molecule has 0 spiro atoms. The first kappa shape index (κ1) is 17.9. The molecule has 1 unspecified atom stereocenters. The number of benzene rings is 2. The van der Waals surface area contributed by atoms with Crippen LogP contribution in [0.25, 0.3) is 0 Å². The first-order valence-electron chi connectivity index (χ1n) is 8.79. The van der Waals surface area contributed by atoms with E-state index in [-0.39, 0.29) is 23.0 Å². The van der Waals surface area contributed by atoms with E-state index in [1.54, 1.807) is 12.1 Å². The number of phenols is 1. The molecule has 0 bridgehead atoms. The number of anilines is 1. The molecule has 2 aliphatic heterocycles. The van der Waals surface area contributed by atoms with E-state index in [9.17, 15) is 22.7 Å². The van der Waals surface area contributed by atoms with Crippen molar-refractivity contribution in [1.82, 2.24) is 4.31 Å². The Morgan fingerprint density at radius 1 is 1.15 bits per heavy atom. The van der Waals surface area contributed by atoms with Crippen molar-refractivity contribution in [3.05, 3.63) is 53.3 Å². The van der Waals surface area contributed by atoms with E-state index in [2.05, 4.69) is 5.32 Å². The van der Waals surface area contributed by atoms with E-state index < -0.39 is 21.9 Å². The van der Waals surface area contributed by atoms with Crippen LogP contribution in [0.2, 0.25) is 0 Å². The van der Waals surface area contributed by atoms with Crippen molar-refractivity contribution in [1.29, 1.82) is 0 Å². The van der Waals surface area contributed by atoms with Crippen molar-refractivity contribution in [2.24, 2.45) is 0 Å². The summed E-state index contributed by atoms with van der Waals surface area (Å²) >= 11 is 0. The number of fused-ring (bicyclic) bond motifs is 1. The lowest BCUT2D eigenvalue weighted by molar-refractivity contribution is -0.116. The van der Waals surface area contributed by atoms with Crippen molar-refractivity contribution in [3.63, 3.8) is 0 Å². The van der Waals surface area contributed by atoms with Crippen LogP contribution < -0.4 is 5.32 Å². The van der Waals surface area contributed by atoms with Gasteiger partial charge in [-0.3, -0.25) is 4.79 Å². The number of carbonyl (C=O) groups excluding carboxylic acids is 1. The fraction of sp³-hybridized carbons (Fsp3) is 0.316. The highest BCUT2D eigenvalue weighted by molar-refractivity contribution is 7.89. The fourth-order valence-electron chi connectivity index (χ4n) is 3.76. The van der Waals surface area contributed by atoms with E-state index >= 15 is 0 Å². The number of sulfonamides is 1. The van der Waals surface area contributed by atoms with E-state index in [1.807, 2.05) is 0 Å². The molecule has 0 aliphatic carbocycles. The Kier molecular flexibility index (Phi) is 4.39. The zero-order chi connectivity index (χ0) is 19.2. The maximum atomic E-state index is 14.6. The Morgan fingerprint density at radius 3 is 2.63 bits per heavy atom. The molecule has 1 fully saturated rings. The normalized spacial score (nSPS) is 20.3. The summed E-state index contributed by atoms with van der Waals surface area (Å²) in [7, 11) is -4.04. The minimum absolute atomic E-state index is 0.105. The molecule has 4 rings (SSSR count). The molecule has 0 radical (unpaired) electrons. The number of phenolic OH excluding ortho intramolecular Hbond substituents is 1. The summed E-state index contributed by atoms with van der Waals surface area (Å²) in [5.41, 5.74) is 1.72. The molecule has 0 aromatic heterocycles. The first-order valence-corrected chi connectivity index (χ1v) is 10.2. The van der Waals surface area contributed by atoms with Crippen LogP contribution in [0.1, 0.15) is 36.4 Å². The summed E-state index contributed by atoms with van der Waals surface area (Å²) in [6, 6.07) is 8.43. The Bertz CT molecular complexity index is 1010. The van der Waals surface area contributed by atoms with Crippen LogP contribution in [0.4, 0.5) is 10.1 Å². The average Bonchev–Trinajstić information content (AvgIpc) is 3.12. The summed E-state index contributed by atoms with van der Waals surface area (Å²) in [5.74, 6) is -0.967. The first-order chi connectivity index (χ1) is 12.9. The number of halogens is 1. The number of carbonyl (C=O) groups is 1. The predicted molar refractivity (Wildman–Crippen MR) is 97.3 cm³/mol. The van der Waals surface area contributed by atoms with Crippen LogP contribution in [-0.2, 0) is 21.2 Å². The summed E-state index contributed by atoms with van der Waals surface area (Å²) in [6.07, 6.45) is 1.93.